The highest BCUT2D eigenvalue weighted by Gasteiger charge is 2.20. The molecule has 1 fully saturated rings. The third kappa shape index (κ3) is 3.80. The molecule has 1 aromatic rings. The molecular formula is C14H20BrNO. The first-order valence-electron chi connectivity index (χ1n) is 6.28. The summed E-state index contributed by atoms with van der Waals surface area (Å²) >= 11 is 3.46. The molecule has 0 bridgehead atoms. The fourth-order valence-corrected chi connectivity index (χ4v) is 2.61. The second-order valence-corrected chi connectivity index (χ2v) is 5.76. The molecule has 1 aromatic carbocycles. The average Bonchev–Trinajstić information content (AvgIpc) is 2.29. The van der Waals surface area contributed by atoms with Crippen LogP contribution in [0.2, 0.25) is 0 Å². The van der Waals surface area contributed by atoms with Crippen LogP contribution in [0, 0.1) is 0 Å². The van der Waals surface area contributed by atoms with Gasteiger partial charge in [0.1, 0.15) is 0 Å². The highest BCUT2D eigenvalue weighted by atomic mass is 79.9. The molecule has 2 rings (SSSR count). The van der Waals surface area contributed by atoms with Crippen LogP contribution in [0.15, 0.2) is 28.7 Å². The fraction of sp³-hybridized carbons (Fsp3) is 0.571. The van der Waals surface area contributed by atoms with Crippen molar-refractivity contribution in [1.82, 2.24) is 5.32 Å². The first-order chi connectivity index (χ1) is 8.15. The Morgan fingerprint density at radius 1 is 1.35 bits per heavy atom. The number of rotatable bonds is 3. The summed E-state index contributed by atoms with van der Waals surface area (Å²) in [7, 11) is 0. The molecule has 0 aromatic heterocycles. The zero-order chi connectivity index (χ0) is 12.3. The monoisotopic (exact) mass is 297 g/mol. The molecule has 0 aliphatic carbocycles. The largest absolute Gasteiger partial charge is 0.378 e. The standard InChI is InChI=1S/C14H20BrNO/c1-10-9-14(7-8-17-10)16-11(2)12-3-5-13(15)6-4-12/h3-6,10-11,14,16H,7-9H2,1-2H3. The van der Waals surface area contributed by atoms with Gasteiger partial charge in [-0.05, 0) is 44.4 Å². The summed E-state index contributed by atoms with van der Waals surface area (Å²) in [5, 5.41) is 3.69. The Hall–Kier alpha value is -0.380. The van der Waals surface area contributed by atoms with Crippen LogP contribution < -0.4 is 5.32 Å². The summed E-state index contributed by atoms with van der Waals surface area (Å²) in [6.45, 7) is 5.26. The van der Waals surface area contributed by atoms with Gasteiger partial charge in [-0.15, -0.1) is 0 Å². The molecule has 3 heteroatoms. The van der Waals surface area contributed by atoms with E-state index in [0.717, 1.165) is 23.9 Å². The average molecular weight is 298 g/mol. The van der Waals surface area contributed by atoms with Crippen molar-refractivity contribution in [2.24, 2.45) is 0 Å². The third-order valence-electron chi connectivity index (χ3n) is 3.34. The molecule has 0 radical (unpaired) electrons. The highest BCUT2D eigenvalue weighted by molar-refractivity contribution is 9.10. The van der Waals surface area contributed by atoms with E-state index < -0.39 is 0 Å². The molecule has 17 heavy (non-hydrogen) atoms. The molecule has 1 aliphatic heterocycles. The van der Waals surface area contributed by atoms with Gasteiger partial charge < -0.3 is 10.1 Å². The molecule has 1 heterocycles. The van der Waals surface area contributed by atoms with Crippen molar-refractivity contribution in [3.63, 3.8) is 0 Å². The van der Waals surface area contributed by atoms with Crippen molar-refractivity contribution in [2.75, 3.05) is 6.61 Å². The lowest BCUT2D eigenvalue weighted by Gasteiger charge is -2.30. The summed E-state index contributed by atoms with van der Waals surface area (Å²) in [4.78, 5) is 0. The van der Waals surface area contributed by atoms with E-state index in [4.69, 9.17) is 4.74 Å². The lowest BCUT2D eigenvalue weighted by atomic mass is 10.0. The minimum Gasteiger partial charge on any atom is -0.378 e. The zero-order valence-electron chi connectivity index (χ0n) is 10.4. The van der Waals surface area contributed by atoms with Crippen LogP contribution >= 0.6 is 15.9 Å². The van der Waals surface area contributed by atoms with Gasteiger partial charge in [0.25, 0.3) is 0 Å². The van der Waals surface area contributed by atoms with Gasteiger partial charge >= 0.3 is 0 Å². The lowest BCUT2D eigenvalue weighted by Crippen LogP contribution is -2.39. The van der Waals surface area contributed by atoms with Gasteiger partial charge in [-0.1, -0.05) is 28.1 Å². The second-order valence-electron chi connectivity index (χ2n) is 4.84. The van der Waals surface area contributed by atoms with Crippen molar-refractivity contribution >= 4 is 15.9 Å². The maximum Gasteiger partial charge on any atom is 0.0561 e. The van der Waals surface area contributed by atoms with Gasteiger partial charge in [0.2, 0.25) is 0 Å². The molecule has 3 atom stereocenters. The number of hydrogen-bond donors (Lipinski definition) is 1. The molecule has 0 saturated carbocycles. The maximum atomic E-state index is 5.56. The predicted molar refractivity (Wildman–Crippen MR) is 74.1 cm³/mol. The fourth-order valence-electron chi connectivity index (χ4n) is 2.35. The minimum absolute atomic E-state index is 0.387. The predicted octanol–water partition coefficient (Wildman–Crippen LogP) is 3.67. The Morgan fingerprint density at radius 3 is 2.71 bits per heavy atom. The van der Waals surface area contributed by atoms with E-state index in [1.54, 1.807) is 0 Å². The number of benzene rings is 1. The van der Waals surface area contributed by atoms with Gasteiger partial charge in [-0.2, -0.15) is 0 Å². The first kappa shape index (κ1) is 13.1. The van der Waals surface area contributed by atoms with E-state index in [1.165, 1.54) is 5.56 Å². The van der Waals surface area contributed by atoms with Crippen LogP contribution in [0.4, 0.5) is 0 Å². The number of ether oxygens (including phenoxy) is 1. The van der Waals surface area contributed by atoms with Crippen LogP contribution in [-0.2, 0) is 4.74 Å². The topological polar surface area (TPSA) is 21.3 Å². The quantitative estimate of drug-likeness (QED) is 0.919. The van der Waals surface area contributed by atoms with Gasteiger partial charge in [0.15, 0.2) is 0 Å². The zero-order valence-corrected chi connectivity index (χ0v) is 12.0. The Balaban J connectivity index is 1.91. The maximum absolute atomic E-state index is 5.56. The van der Waals surface area contributed by atoms with Crippen molar-refractivity contribution in [3.8, 4) is 0 Å². The summed E-state index contributed by atoms with van der Waals surface area (Å²) in [6.07, 6.45) is 2.62. The molecule has 2 nitrogen and oxygen atoms in total. The van der Waals surface area contributed by atoms with E-state index in [0.29, 0.717) is 18.2 Å². The lowest BCUT2D eigenvalue weighted by molar-refractivity contribution is 0.0116. The van der Waals surface area contributed by atoms with E-state index >= 15 is 0 Å². The Labute approximate surface area is 112 Å². The Kier molecular flexibility index (Phi) is 4.60. The van der Waals surface area contributed by atoms with Crippen molar-refractivity contribution in [1.29, 1.82) is 0 Å². The normalized spacial score (nSPS) is 26.8. The number of hydrogen-bond acceptors (Lipinski definition) is 2. The first-order valence-corrected chi connectivity index (χ1v) is 7.07. The van der Waals surface area contributed by atoms with E-state index in [1.807, 2.05) is 0 Å². The SMILES string of the molecule is CC1CC(NC(C)c2ccc(Br)cc2)CCO1. The van der Waals surface area contributed by atoms with Gasteiger partial charge in [-0.25, -0.2) is 0 Å². The minimum atomic E-state index is 0.387. The number of halogens is 1. The van der Waals surface area contributed by atoms with Crippen LogP contribution in [0.25, 0.3) is 0 Å². The molecule has 0 spiro atoms. The molecule has 1 N–H and O–H groups in total. The van der Waals surface area contributed by atoms with Crippen molar-refractivity contribution in [3.05, 3.63) is 34.3 Å². The van der Waals surface area contributed by atoms with Crippen LogP contribution in [0.1, 0.15) is 38.3 Å². The summed E-state index contributed by atoms with van der Waals surface area (Å²) in [6, 6.07) is 9.52. The Morgan fingerprint density at radius 2 is 2.06 bits per heavy atom. The van der Waals surface area contributed by atoms with E-state index in [-0.39, 0.29) is 0 Å². The Bertz CT molecular complexity index is 352. The van der Waals surface area contributed by atoms with Crippen molar-refractivity contribution < 1.29 is 4.74 Å². The molecule has 1 aliphatic rings. The summed E-state index contributed by atoms with van der Waals surface area (Å²) in [5.41, 5.74) is 1.34. The van der Waals surface area contributed by atoms with E-state index in [9.17, 15) is 0 Å². The van der Waals surface area contributed by atoms with Gasteiger partial charge in [0, 0.05) is 23.2 Å². The molecule has 1 saturated heterocycles. The van der Waals surface area contributed by atoms with Crippen LogP contribution in [-0.4, -0.2) is 18.8 Å². The molecule has 3 unspecified atom stereocenters. The third-order valence-corrected chi connectivity index (χ3v) is 3.87. The summed E-state index contributed by atoms with van der Waals surface area (Å²) in [5.74, 6) is 0. The molecule has 0 amide bonds. The van der Waals surface area contributed by atoms with Crippen LogP contribution in [0.3, 0.4) is 0 Å². The summed E-state index contributed by atoms with van der Waals surface area (Å²) < 4.78 is 6.70. The highest BCUT2D eigenvalue weighted by Crippen LogP contribution is 2.20. The van der Waals surface area contributed by atoms with Crippen LogP contribution in [0.5, 0.6) is 0 Å². The van der Waals surface area contributed by atoms with Gasteiger partial charge in [-0.3, -0.25) is 0 Å². The molecule has 94 valence electrons. The number of nitrogens with one attached hydrogen (secondary N) is 1. The van der Waals surface area contributed by atoms with Crippen molar-refractivity contribution in [2.45, 2.75) is 44.9 Å². The van der Waals surface area contributed by atoms with Gasteiger partial charge in [0.05, 0.1) is 6.10 Å². The smallest absolute Gasteiger partial charge is 0.0561 e. The second kappa shape index (κ2) is 5.98. The molecular weight excluding hydrogens is 278 g/mol. The van der Waals surface area contributed by atoms with E-state index in [2.05, 4.69) is 59.4 Å².